The largest absolute Gasteiger partial charge is 0.323 e. The maximum Gasteiger partial charge on any atom is 0.244 e. The fourth-order valence-corrected chi connectivity index (χ4v) is 5.31. The summed E-state index contributed by atoms with van der Waals surface area (Å²) in [5.41, 5.74) is 1.31. The number of fused-ring (bicyclic) bond motifs is 1. The van der Waals surface area contributed by atoms with E-state index in [1.165, 1.54) is 9.21 Å². The lowest BCUT2D eigenvalue weighted by Gasteiger charge is -2.31. The van der Waals surface area contributed by atoms with E-state index in [0.717, 1.165) is 0 Å². The molecule has 2 amide bonds. The molecule has 9 heteroatoms. The van der Waals surface area contributed by atoms with Crippen LogP contribution in [0.5, 0.6) is 0 Å². The molecule has 1 fully saturated rings. The van der Waals surface area contributed by atoms with Crippen LogP contribution in [-0.4, -0.2) is 68.7 Å². The van der Waals surface area contributed by atoms with Gasteiger partial charge in [-0.25, -0.2) is 8.42 Å². The van der Waals surface area contributed by atoms with Gasteiger partial charge in [0, 0.05) is 19.6 Å². The van der Waals surface area contributed by atoms with E-state index in [4.69, 9.17) is 0 Å². The van der Waals surface area contributed by atoms with Crippen LogP contribution in [0.1, 0.15) is 6.42 Å². The Morgan fingerprint density at radius 3 is 2.47 bits per heavy atom. The molecule has 0 aromatic heterocycles. The highest BCUT2D eigenvalue weighted by Crippen LogP contribution is 2.29. The number of benzene rings is 2. The van der Waals surface area contributed by atoms with Gasteiger partial charge in [0.15, 0.2) is 0 Å². The highest BCUT2D eigenvalue weighted by molar-refractivity contribution is 7.89. The van der Waals surface area contributed by atoms with Gasteiger partial charge in [0.05, 0.1) is 22.8 Å². The number of carbonyl (C=O) groups excluding carboxylic acids is 2. The van der Waals surface area contributed by atoms with Gasteiger partial charge in [-0.2, -0.15) is 4.31 Å². The SMILES string of the molecule is O=C1CN(C(=O)CN2CCCN(S(=O)(=O)c3ccccc3)CC2)c2ccccc2N1. The third-order valence-electron chi connectivity index (χ3n) is 5.36. The molecule has 1 N–H and O–H groups in total. The Hall–Kier alpha value is -2.75. The van der Waals surface area contributed by atoms with Gasteiger partial charge in [-0.15, -0.1) is 0 Å². The lowest BCUT2D eigenvalue weighted by Crippen LogP contribution is -2.47. The van der Waals surface area contributed by atoms with Crippen molar-refractivity contribution in [2.45, 2.75) is 11.3 Å². The van der Waals surface area contributed by atoms with Crippen LogP contribution >= 0.6 is 0 Å². The highest BCUT2D eigenvalue weighted by atomic mass is 32.2. The minimum Gasteiger partial charge on any atom is -0.323 e. The molecule has 2 aliphatic heterocycles. The van der Waals surface area contributed by atoms with Crippen molar-refractivity contribution in [3.8, 4) is 0 Å². The zero-order chi connectivity index (χ0) is 21.1. The Kier molecular flexibility index (Phi) is 5.85. The van der Waals surface area contributed by atoms with Crippen molar-refractivity contribution in [3.63, 3.8) is 0 Å². The average molecular weight is 429 g/mol. The minimum atomic E-state index is -3.55. The van der Waals surface area contributed by atoms with Gasteiger partial charge >= 0.3 is 0 Å². The predicted molar refractivity (Wildman–Crippen MR) is 114 cm³/mol. The lowest BCUT2D eigenvalue weighted by atomic mass is 10.2. The minimum absolute atomic E-state index is 0.0157. The summed E-state index contributed by atoms with van der Waals surface area (Å²) in [6.45, 7) is 1.94. The molecule has 0 radical (unpaired) electrons. The summed E-state index contributed by atoms with van der Waals surface area (Å²) in [5, 5.41) is 2.78. The van der Waals surface area contributed by atoms with Gasteiger partial charge in [-0.1, -0.05) is 30.3 Å². The van der Waals surface area contributed by atoms with Crippen LogP contribution in [0.2, 0.25) is 0 Å². The molecule has 0 unspecified atom stereocenters. The molecule has 2 aromatic rings. The standard InChI is InChI=1S/C21H24N4O4S/c26-20-15-25(19-10-5-4-9-18(19)22-20)21(27)16-23-11-6-12-24(14-13-23)30(28,29)17-7-2-1-3-8-17/h1-5,7-10H,6,11-16H2,(H,22,26). The maximum atomic E-state index is 13.0. The first-order valence-corrected chi connectivity index (χ1v) is 11.4. The Labute approximate surface area is 176 Å². The molecule has 0 atom stereocenters. The van der Waals surface area contributed by atoms with Crippen LogP contribution in [-0.2, 0) is 19.6 Å². The van der Waals surface area contributed by atoms with Crippen LogP contribution in [0.3, 0.4) is 0 Å². The molecule has 0 aliphatic carbocycles. The fraction of sp³-hybridized carbons (Fsp3) is 0.333. The van der Waals surface area contributed by atoms with Gasteiger partial charge in [0.1, 0.15) is 6.54 Å². The van der Waals surface area contributed by atoms with E-state index >= 15 is 0 Å². The monoisotopic (exact) mass is 428 g/mol. The first-order valence-electron chi connectivity index (χ1n) is 9.92. The molecule has 0 saturated carbocycles. The third-order valence-corrected chi connectivity index (χ3v) is 7.27. The van der Waals surface area contributed by atoms with Crippen molar-refractivity contribution < 1.29 is 18.0 Å². The molecule has 8 nitrogen and oxygen atoms in total. The molecule has 0 spiro atoms. The second-order valence-electron chi connectivity index (χ2n) is 7.39. The van der Waals surface area contributed by atoms with E-state index in [2.05, 4.69) is 5.32 Å². The number of carbonyl (C=O) groups is 2. The number of hydrogen-bond acceptors (Lipinski definition) is 5. The van der Waals surface area contributed by atoms with Crippen LogP contribution in [0.15, 0.2) is 59.5 Å². The van der Waals surface area contributed by atoms with E-state index in [1.807, 2.05) is 23.1 Å². The summed E-state index contributed by atoms with van der Waals surface area (Å²) in [6, 6.07) is 15.6. The smallest absolute Gasteiger partial charge is 0.244 e. The number of nitrogens with zero attached hydrogens (tertiary/aromatic N) is 3. The summed E-state index contributed by atoms with van der Waals surface area (Å²) in [5.74, 6) is -0.394. The van der Waals surface area contributed by atoms with Crippen molar-refractivity contribution in [2.75, 3.05) is 49.5 Å². The van der Waals surface area contributed by atoms with E-state index in [9.17, 15) is 18.0 Å². The van der Waals surface area contributed by atoms with Crippen LogP contribution < -0.4 is 10.2 Å². The third kappa shape index (κ3) is 4.23. The number of sulfonamides is 1. The van der Waals surface area contributed by atoms with Crippen molar-refractivity contribution in [2.24, 2.45) is 0 Å². The van der Waals surface area contributed by atoms with Crippen molar-refractivity contribution in [1.82, 2.24) is 9.21 Å². The molecule has 158 valence electrons. The number of hydrogen-bond donors (Lipinski definition) is 1. The average Bonchev–Trinajstić information content (AvgIpc) is 3.00. The van der Waals surface area contributed by atoms with Crippen LogP contribution in [0, 0.1) is 0 Å². The molecular formula is C21H24N4O4S. The summed E-state index contributed by atoms with van der Waals surface area (Å²) in [4.78, 5) is 28.7. The molecule has 2 aliphatic rings. The first-order chi connectivity index (χ1) is 14.4. The van der Waals surface area contributed by atoms with E-state index in [-0.39, 0.29) is 29.8 Å². The predicted octanol–water partition coefficient (Wildman–Crippen LogP) is 1.37. The summed E-state index contributed by atoms with van der Waals surface area (Å²) < 4.78 is 27.2. The Morgan fingerprint density at radius 2 is 1.67 bits per heavy atom. The fourth-order valence-electron chi connectivity index (χ4n) is 3.82. The second-order valence-corrected chi connectivity index (χ2v) is 9.33. The number of rotatable bonds is 4. The molecule has 1 saturated heterocycles. The molecule has 0 bridgehead atoms. The van der Waals surface area contributed by atoms with Gasteiger partial charge in [-0.3, -0.25) is 19.4 Å². The van der Waals surface area contributed by atoms with Gasteiger partial charge in [-0.05, 0) is 37.2 Å². The van der Waals surface area contributed by atoms with Crippen molar-refractivity contribution >= 4 is 33.2 Å². The zero-order valence-electron chi connectivity index (χ0n) is 16.5. The quantitative estimate of drug-likeness (QED) is 0.794. The van der Waals surface area contributed by atoms with Gasteiger partial charge < -0.3 is 5.32 Å². The molecule has 2 aromatic carbocycles. The molecule has 30 heavy (non-hydrogen) atoms. The number of para-hydroxylation sites is 2. The number of nitrogens with one attached hydrogen (secondary N) is 1. The maximum absolute atomic E-state index is 13.0. The number of amides is 2. The summed E-state index contributed by atoms with van der Waals surface area (Å²) in [7, 11) is -3.55. The molecule has 2 heterocycles. The highest BCUT2D eigenvalue weighted by Gasteiger charge is 2.30. The first kappa shape index (κ1) is 20.5. The van der Waals surface area contributed by atoms with E-state index in [0.29, 0.717) is 44.0 Å². The van der Waals surface area contributed by atoms with Crippen LogP contribution in [0.25, 0.3) is 0 Å². The Bertz CT molecular complexity index is 1040. The topological polar surface area (TPSA) is 90.0 Å². The van der Waals surface area contributed by atoms with Crippen molar-refractivity contribution in [3.05, 3.63) is 54.6 Å². The Balaban J connectivity index is 1.42. The lowest BCUT2D eigenvalue weighted by molar-refractivity contribution is -0.122. The van der Waals surface area contributed by atoms with Gasteiger partial charge in [0.2, 0.25) is 21.8 Å². The Morgan fingerprint density at radius 1 is 0.933 bits per heavy atom. The zero-order valence-corrected chi connectivity index (χ0v) is 17.3. The summed E-state index contributed by atoms with van der Waals surface area (Å²) >= 11 is 0. The van der Waals surface area contributed by atoms with Gasteiger partial charge in [0.25, 0.3) is 0 Å². The van der Waals surface area contributed by atoms with Crippen molar-refractivity contribution in [1.29, 1.82) is 0 Å². The molecule has 4 rings (SSSR count). The second kappa shape index (κ2) is 8.55. The molecular weight excluding hydrogens is 404 g/mol. The van der Waals surface area contributed by atoms with Crippen LogP contribution in [0.4, 0.5) is 11.4 Å². The summed E-state index contributed by atoms with van der Waals surface area (Å²) in [6.07, 6.45) is 0.635. The number of anilines is 2. The van der Waals surface area contributed by atoms with E-state index in [1.54, 1.807) is 36.4 Å². The van der Waals surface area contributed by atoms with E-state index < -0.39 is 10.0 Å². The normalized spacial score (nSPS) is 18.4.